The summed E-state index contributed by atoms with van der Waals surface area (Å²) in [5.41, 5.74) is 1.55. The van der Waals surface area contributed by atoms with Gasteiger partial charge in [-0.3, -0.25) is 9.48 Å². The SMILES string of the molecule is Cc1cc(NC(=O)COc2ccc(Cl)cc2)nn1Cc1ccc(F)cc1Cl. The molecule has 27 heavy (non-hydrogen) atoms. The van der Waals surface area contributed by atoms with E-state index in [-0.39, 0.29) is 12.5 Å². The van der Waals surface area contributed by atoms with Crippen LogP contribution in [0.2, 0.25) is 10.0 Å². The summed E-state index contributed by atoms with van der Waals surface area (Å²) < 4.78 is 20.2. The molecular formula is C19H16Cl2FN3O2. The van der Waals surface area contributed by atoms with E-state index in [9.17, 15) is 9.18 Å². The van der Waals surface area contributed by atoms with Gasteiger partial charge < -0.3 is 10.1 Å². The predicted molar refractivity (Wildman–Crippen MR) is 103 cm³/mol. The quantitative estimate of drug-likeness (QED) is 0.643. The number of hydrogen-bond donors (Lipinski definition) is 1. The van der Waals surface area contributed by atoms with Crippen molar-refractivity contribution in [3.63, 3.8) is 0 Å². The van der Waals surface area contributed by atoms with E-state index in [2.05, 4.69) is 10.4 Å². The highest BCUT2D eigenvalue weighted by atomic mass is 35.5. The number of carbonyl (C=O) groups excluding carboxylic acids is 1. The van der Waals surface area contributed by atoms with Crippen molar-refractivity contribution in [1.82, 2.24) is 9.78 Å². The van der Waals surface area contributed by atoms with Crippen LogP contribution in [0.15, 0.2) is 48.5 Å². The molecule has 5 nitrogen and oxygen atoms in total. The fraction of sp³-hybridized carbons (Fsp3) is 0.158. The lowest BCUT2D eigenvalue weighted by molar-refractivity contribution is -0.118. The molecule has 0 spiro atoms. The number of hydrogen-bond acceptors (Lipinski definition) is 3. The Bertz CT molecular complexity index is 958. The van der Waals surface area contributed by atoms with Crippen molar-refractivity contribution >= 4 is 34.9 Å². The molecule has 0 bridgehead atoms. The van der Waals surface area contributed by atoms with Gasteiger partial charge in [-0.05, 0) is 48.9 Å². The minimum Gasteiger partial charge on any atom is -0.484 e. The van der Waals surface area contributed by atoms with Crippen LogP contribution in [-0.4, -0.2) is 22.3 Å². The van der Waals surface area contributed by atoms with Crippen LogP contribution in [0, 0.1) is 12.7 Å². The number of aromatic nitrogens is 2. The molecule has 1 amide bonds. The van der Waals surface area contributed by atoms with Crippen molar-refractivity contribution in [2.45, 2.75) is 13.5 Å². The number of nitrogens with zero attached hydrogens (tertiary/aromatic N) is 2. The van der Waals surface area contributed by atoms with E-state index >= 15 is 0 Å². The van der Waals surface area contributed by atoms with E-state index in [1.165, 1.54) is 12.1 Å². The first-order chi connectivity index (χ1) is 12.9. The second kappa shape index (κ2) is 8.41. The zero-order chi connectivity index (χ0) is 19.4. The lowest BCUT2D eigenvalue weighted by atomic mass is 10.2. The highest BCUT2D eigenvalue weighted by Crippen LogP contribution is 2.20. The number of nitrogens with one attached hydrogen (secondary N) is 1. The van der Waals surface area contributed by atoms with Crippen LogP contribution in [0.25, 0.3) is 0 Å². The molecule has 0 aliphatic rings. The van der Waals surface area contributed by atoms with Crippen molar-refractivity contribution < 1.29 is 13.9 Å². The van der Waals surface area contributed by atoms with Gasteiger partial charge in [-0.2, -0.15) is 5.10 Å². The number of aryl methyl sites for hydroxylation is 1. The summed E-state index contributed by atoms with van der Waals surface area (Å²) >= 11 is 11.9. The van der Waals surface area contributed by atoms with Crippen LogP contribution in [0.4, 0.5) is 10.2 Å². The first-order valence-electron chi connectivity index (χ1n) is 8.07. The number of carbonyl (C=O) groups is 1. The molecule has 1 N–H and O–H groups in total. The molecule has 0 aliphatic carbocycles. The van der Waals surface area contributed by atoms with Crippen molar-refractivity contribution in [3.8, 4) is 5.75 Å². The number of rotatable bonds is 6. The van der Waals surface area contributed by atoms with Crippen LogP contribution in [0.1, 0.15) is 11.3 Å². The zero-order valence-corrected chi connectivity index (χ0v) is 15.9. The summed E-state index contributed by atoms with van der Waals surface area (Å²) in [6, 6.07) is 12.7. The van der Waals surface area contributed by atoms with Gasteiger partial charge in [0.1, 0.15) is 11.6 Å². The first kappa shape index (κ1) is 19.2. The maximum Gasteiger partial charge on any atom is 0.263 e. The van der Waals surface area contributed by atoms with Gasteiger partial charge in [0.05, 0.1) is 6.54 Å². The van der Waals surface area contributed by atoms with E-state index in [0.29, 0.717) is 28.2 Å². The van der Waals surface area contributed by atoms with Crippen LogP contribution < -0.4 is 10.1 Å². The average molecular weight is 408 g/mol. The fourth-order valence-electron chi connectivity index (χ4n) is 2.40. The van der Waals surface area contributed by atoms with E-state index < -0.39 is 5.82 Å². The summed E-state index contributed by atoms with van der Waals surface area (Å²) in [6.45, 7) is 2.06. The smallest absolute Gasteiger partial charge is 0.263 e. The molecule has 0 fully saturated rings. The number of ether oxygens (including phenoxy) is 1. The molecule has 3 aromatic rings. The Kier molecular flexibility index (Phi) is 5.98. The Morgan fingerprint density at radius 1 is 1.19 bits per heavy atom. The van der Waals surface area contributed by atoms with Crippen molar-refractivity contribution in [1.29, 1.82) is 0 Å². The van der Waals surface area contributed by atoms with E-state index in [1.54, 1.807) is 41.1 Å². The molecule has 1 aromatic heterocycles. The maximum atomic E-state index is 13.2. The van der Waals surface area contributed by atoms with Gasteiger partial charge in [-0.1, -0.05) is 29.3 Å². The molecule has 140 valence electrons. The van der Waals surface area contributed by atoms with E-state index in [4.69, 9.17) is 27.9 Å². The third-order valence-electron chi connectivity index (χ3n) is 3.77. The Morgan fingerprint density at radius 3 is 2.63 bits per heavy atom. The van der Waals surface area contributed by atoms with Crippen LogP contribution in [0.5, 0.6) is 5.75 Å². The van der Waals surface area contributed by atoms with Gasteiger partial charge in [0.25, 0.3) is 5.91 Å². The van der Waals surface area contributed by atoms with Crippen molar-refractivity contribution in [2.24, 2.45) is 0 Å². The molecule has 3 rings (SSSR count). The molecule has 0 unspecified atom stereocenters. The monoisotopic (exact) mass is 407 g/mol. The zero-order valence-electron chi connectivity index (χ0n) is 14.4. The summed E-state index contributed by atoms with van der Waals surface area (Å²) in [6.07, 6.45) is 0. The van der Waals surface area contributed by atoms with Gasteiger partial charge in [-0.15, -0.1) is 0 Å². The largest absolute Gasteiger partial charge is 0.484 e. The van der Waals surface area contributed by atoms with Gasteiger partial charge >= 0.3 is 0 Å². The van der Waals surface area contributed by atoms with Crippen LogP contribution in [-0.2, 0) is 11.3 Å². The van der Waals surface area contributed by atoms with Crippen LogP contribution in [0.3, 0.4) is 0 Å². The van der Waals surface area contributed by atoms with Gasteiger partial charge in [0.2, 0.25) is 0 Å². The fourth-order valence-corrected chi connectivity index (χ4v) is 2.75. The standard InChI is InChI=1S/C19H16Cl2FN3O2/c1-12-8-18(23-19(26)11-27-16-6-3-14(20)4-7-16)24-25(12)10-13-2-5-15(22)9-17(13)21/h2-9H,10-11H2,1H3,(H,23,24,26). The van der Waals surface area contributed by atoms with Crippen molar-refractivity contribution in [3.05, 3.63) is 75.7 Å². The second-order valence-corrected chi connectivity index (χ2v) is 6.70. The number of benzene rings is 2. The Balaban J connectivity index is 1.60. The number of halogens is 3. The molecule has 0 atom stereocenters. The van der Waals surface area contributed by atoms with Gasteiger partial charge in [-0.25, -0.2) is 4.39 Å². The lowest BCUT2D eigenvalue weighted by Gasteiger charge is -2.07. The van der Waals surface area contributed by atoms with E-state index in [0.717, 1.165) is 11.3 Å². The third-order valence-corrected chi connectivity index (χ3v) is 4.37. The minimum absolute atomic E-state index is 0.155. The van der Waals surface area contributed by atoms with Gasteiger partial charge in [0, 0.05) is 21.8 Å². The van der Waals surface area contributed by atoms with Crippen LogP contribution >= 0.6 is 23.2 Å². The molecule has 8 heteroatoms. The Labute approximate surface area is 165 Å². The molecule has 0 saturated carbocycles. The van der Waals surface area contributed by atoms with E-state index in [1.807, 2.05) is 6.92 Å². The molecule has 2 aromatic carbocycles. The third kappa shape index (κ3) is 5.21. The Morgan fingerprint density at radius 2 is 1.93 bits per heavy atom. The number of amides is 1. The summed E-state index contributed by atoms with van der Waals surface area (Å²) in [5, 5.41) is 7.93. The summed E-state index contributed by atoms with van der Waals surface area (Å²) in [7, 11) is 0. The normalized spacial score (nSPS) is 10.7. The molecule has 0 aliphatic heterocycles. The molecular weight excluding hydrogens is 392 g/mol. The topological polar surface area (TPSA) is 56.1 Å². The molecule has 0 radical (unpaired) electrons. The Hall–Kier alpha value is -2.57. The maximum absolute atomic E-state index is 13.2. The second-order valence-electron chi connectivity index (χ2n) is 5.86. The first-order valence-corrected chi connectivity index (χ1v) is 8.83. The minimum atomic E-state index is -0.394. The predicted octanol–water partition coefficient (Wildman–Crippen LogP) is 4.70. The molecule has 0 saturated heterocycles. The molecule has 1 heterocycles. The average Bonchev–Trinajstić information content (AvgIpc) is 2.96. The van der Waals surface area contributed by atoms with Gasteiger partial charge in [0.15, 0.2) is 12.4 Å². The summed E-state index contributed by atoms with van der Waals surface area (Å²) in [4.78, 5) is 12.0. The summed E-state index contributed by atoms with van der Waals surface area (Å²) in [5.74, 6) is 0.210. The lowest BCUT2D eigenvalue weighted by Crippen LogP contribution is -2.20. The highest BCUT2D eigenvalue weighted by Gasteiger charge is 2.11. The van der Waals surface area contributed by atoms with Crippen molar-refractivity contribution in [2.75, 3.05) is 11.9 Å². The highest BCUT2D eigenvalue weighted by molar-refractivity contribution is 6.31. The number of anilines is 1.